The molecule has 126 valence electrons. The van der Waals surface area contributed by atoms with Crippen molar-refractivity contribution in [2.24, 2.45) is 4.40 Å². The summed E-state index contributed by atoms with van der Waals surface area (Å²) in [5, 5.41) is 0. The highest BCUT2D eigenvalue weighted by atomic mass is 32.2. The van der Waals surface area contributed by atoms with E-state index in [1.165, 1.54) is 23.5 Å². The van der Waals surface area contributed by atoms with Crippen LogP contribution in [0.4, 0.5) is 4.39 Å². The molecule has 0 aliphatic heterocycles. The van der Waals surface area contributed by atoms with Crippen molar-refractivity contribution in [3.8, 4) is 0 Å². The van der Waals surface area contributed by atoms with Gasteiger partial charge in [-0.25, -0.2) is 4.39 Å². The zero-order valence-corrected chi connectivity index (χ0v) is 15.2. The van der Waals surface area contributed by atoms with Gasteiger partial charge in [0.2, 0.25) is 4.80 Å². The number of sulfonamides is 1. The number of aryl methyl sites for hydroxylation is 3. The molecule has 0 saturated heterocycles. The Bertz CT molecular complexity index is 1080. The fourth-order valence-corrected chi connectivity index (χ4v) is 5.00. The first kappa shape index (κ1) is 16.9. The maximum atomic E-state index is 13.0. The third-order valence-electron chi connectivity index (χ3n) is 3.74. The highest BCUT2D eigenvalue weighted by Crippen LogP contribution is 2.24. The summed E-state index contributed by atoms with van der Waals surface area (Å²) in [5.74, 6) is -0.481. The smallest absolute Gasteiger partial charge is 0.285 e. The minimum atomic E-state index is -3.89. The van der Waals surface area contributed by atoms with Crippen molar-refractivity contribution in [1.82, 2.24) is 4.57 Å². The van der Waals surface area contributed by atoms with E-state index in [0.717, 1.165) is 33.5 Å². The second-order valence-electron chi connectivity index (χ2n) is 5.58. The van der Waals surface area contributed by atoms with Crippen LogP contribution < -0.4 is 4.80 Å². The highest BCUT2D eigenvalue weighted by Gasteiger charge is 2.15. The van der Waals surface area contributed by atoms with Gasteiger partial charge in [-0.15, -0.1) is 4.40 Å². The number of benzene rings is 2. The van der Waals surface area contributed by atoms with Gasteiger partial charge in [-0.2, -0.15) is 8.42 Å². The van der Waals surface area contributed by atoms with Crippen LogP contribution in [0, 0.1) is 19.7 Å². The molecule has 1 aromatic heterocycles. The third-order valence-corrected chi connectivity index (χ3v) is 6.37. The summed E-state index contributed by atoms with van der Waals surface area (Å²) in [4.78, 5) is 0.405. The van der Waals surface area contributed by atoms with Crippen LogP contribution in [0.3, 0.4) is 0 Å². The van der Waals surface area contributed by atoms with E-state index in [1.807, 2.05) is 31.4 Å². The van der Waals surface area contributed by atoms with Crippen LogP contribution in [-0.4, -0.2) is 13.0 Å². The molecule has 0 N–H and O–H groups in total. The quantitative estimate of drug-likeness (QED) is 0.710. The largest absolute Gasteiger partial charge is 0.316 e. The first-order valence-corrected chi connectivity index (χ1v) is 9.74. The highest BCUT2D eigenvalue weighted by molar-refractivity contribution is 7.90. The van der Waals surface area contributed by atoms with E-state index in [9.17, 15) is 12.8 Å². The Morgan fingerprint density at radius 1 is 1.17 bits per heavy atom. The van der Waals surface area contributed by atoms with Gasteiger partial charge in [0.15, 0.2) is 0 Å². The predicted octanol–water partition coefficient (Wildman–Crippen LogP) is 3.77. The Hall–Kier alpha value is -1.99. The van der Waals surface area contributed by atoms with Crippen molar-refractivity contribution >= 4 is 31.6 Å². The maximum Gasteiger partial charge on any atom is 0.285 e. The Labute approximate surface area is 144 Å². The van der Waals surface area contributed by atoms with Crippen LogP contribution >= 0.6 is 11.3 Å². The van der Waals surface area contributed by atoms with Crippen molar-refractivity contribution in [3.05, 3.63) is 58.1 Å². The van der Waals surface area contributed by atoms with Crippen molar-refractivity contribution in [2.75, 3.05) is 0 Å². The lowest BCUT2D eigenvalue weighted by molar-refractivity contribution is 0.594. The standard InChI is InChI=1S/C17H17FN2O2S2/c1-4-20-15-10-11(2)9-12(3)16(15)23-17(20)19-24(21,22)14-7-5-13(18)6-8-14/h5-10H,4H2,1-3H3/b19-17-. The lowest BCUT2D eigenvalue weighted by atomic mass is 10.1. The average molecular weight is 364 g/mol. The molecular formula is C17H17FN2O2S2. The zero-order chi connectivity index (χ0) is 17.5. The fraction of sp³-hybridized carbons (Fsp3) is 0.235. The van der Waals surface area contributed by atoms with Gasteiger partial charge in [-0.05, 0) is 62.2 Å². The third kappa shape index (κ3) is 3.01. The van der Waals surface area contributed by atoms with Crippen LogP contribution in [0.15, 0.2) is 45.7 Å². The molecule has 3 rings (SSSR count). The topological polar surface area (TPSA) is 51.4 Å². The minimum Gasteiger partial charge on any atom is -0.316 e. The van der Waals surface area contributed by atoms with Crippen LogP contribution in [0.2, 0.25) is 0 Å². The Morgan fingerprint density at radius 3 is 2.46 bits per heavy atom. The van der Waals surface area contributed by atoms with E-state index < -0.39 is 15.8 Å². The SMILES string of the molecule is CCn1/c(=N/S(=O)(=O)c2ccc(F)cc2)sc2c(C)cc(C)cc21. The molecule has 2 aromatic carbocycles. The molecule has 4 nitrogen and oxygen atoms in total. The Balaban J connectivity index is 2.27. The van der Waals surface area contributed by atoms with E-state index in [1.54, 1.807) is 0 Å². The van der Waals surface area contributed by atoms with Gasteiger partial charge < -0.3 is 4.57 Å². The second kappa shape index (κ2) is 6.14. The van der Waals surface area contributed by atoms with Gasteiger partial charge in [0.05, 0.1) is 15.1 Å². The number of hydrogen-bond acceptors (Lipinski definition) is 3. The summed E-state index contributed by atoms with van der Waals surface area (Å²) in [7, 11) is -3.89. The van der Waals surface area contributed by atoms with Crippen LogP contribution in [0.5, 0.6) is 0 Å². The van der Waals surface area contributed by atoms with Crippen LogP contribution in [0.1, 0.15) is 18.1 Å². The van der Waals surface area contributed by atoms with Crippen molar-refractivity contribution in [1.29, 1.82) is 0 Å². The molecule has 0 atom stereocenters. The van der Waals surface area contributed by atoms with E-state index in [0.29, 0.717) is 11.3 Å². The zero-order valence-electron chi connectivity index (χ0n) is 13.6. The minimum absolute atomic E-state index is 0.0167. The van der Waals surface area contributed by atoms with Gasteiger partial charge in [0, 0.05) is 6.54 Å². The molecule has 24 heavy (non-hydrogen) atoms. The number of fused-ring (bicyclic) bond motifs is 1. The molecule has 0 aliphatic rings. The van der Waals surface area contributed by atoms with Crippen molar-refractivity contribution in [3.63, 3.8) is 0 Å². The average Bonchev–Trinajstić information content (AvgIpc) is 2.84. The van der Waals surface area contributed by atoms with Crippen molar-refractivity contribution in [2.45, 2.75) is 32.2 Å². The molecule has 0 aliphatic carbocycles. The van der Waals surface area contributed by atoms with Crippen molar-refractivity contribution < 1.29 is 12.8 Å². The monoisotopic (exact) mass is 364 g/mol. The number of rotatable bonds is 3. The normalized spacial score (nSPS) is 12.9. The number of thiazole rings is 1. The molecule has 1 heterocycles. The molecule has 0 saturated carbocycles. The fourth-order valence-electron chi connectivity index (χ4n) is 2.65. The number of hydrogen-bond donors (Lipinski definition) is 0. The molecule has 7 heteroatoms. The molecule has 0 spiro atoms. The van der Waals surface area contributed by atoms with Crippen LogP contribution in [0.25, 0.3) is 10.2 Å². The van der Waals surface area contributed by atoms with E-state index in [2.05, 4.69) is 10.5 Å². The van der Waals surface area contributed by atoms with Gasteiger partial charge in [0.1, 0.15) is 5.82 Å². The molecule has 0 bridgehead atoms. The van der Waals surface area contributed by atoms with Gasteiger partial charge in [0.25, 0.3) is 10.0 Å². The van der Waals surface area contributed by atoms with E-state index in [-0.39, 0.29) is 4.90 Å². The number of aromatic nitrogens is 1. The Kier molecular flexibility index (Phi) is 4.31. The lowest BCUT2D eigenvalue weighted by Crippen LogP contribution is -2.16. The first-order valence-electron chi connectivity index (χ1n) is 7.49. The molecule has 3 aromatic rings. The molecule has 0 unspecified atom stereocenters. The summed E-state index contributed by atoms with van der Waals surface area (Å²) in [6, 6.07) is 8.80. The first-order chi connectivity index (χ1) is 11.3. The number of halogens is 1. The van der Waals surface area contributed by atoms with E-state index in [4.69, 9.17) is 0 Å². The molecule has 0 radical (unpaired) electrons. The summed E-state index contributed by atoms with van der Waals surface area (Å²) in [6.07, 6.45) is 0. The summed E-state index contributed by atoms with van der Waals surface area (Å²) in [5.41, 5.74) is 3.19. The molecule has 0 fully saturated rings. The van der Waals surface area contributed by atoms with E-state index >= 15 is 0 Å². The van der Waals surface area contributed by atoms with Crippen LogP contribution in [-0.2, 0) is 16.6 Å². The molecular weight excluding hydrogens is 347 g/mol. The summed E-state index contributed by atoms with van der Waals surface area (Å²) < 4.78 is 45.0. The number of nitrogens with zero attached hydrogens (tertiary/aromatic N) is 2. The second-order valence-corrected chi connectivity index (χ2v) is 8.16. The van der Waals surface area contributed by atoms with Gasteiger partial charge in [-0.3, -0.25) is 0 Å². The van der Waals surface area contributed by atoms with Gasteiger partial charge in [-0.1, -0.05) is 17.4 Å². The van der Waals surface area contributed by atoms with Gasteiger partial charge >= 0.3 is 0 Å². The summed E-state index contributed by atoms with van der Waals surface area (Å²) >= 11 is 1.35. The Morgan fingerprint density at radius 2 is 1.83 bits per heavy atom. The predicted molar refractivity (Wildman–Crippen MR) is 94.1 cm³/mol. The maximum absolute atomic E-state index is 13.0. The molecule has 0 amide bonds. The lowest BCUT2D eigenvalue weighted by Gasteiger charge is -2.03. The summed E-state index contributed by atoms with van der Waals surface area (Å²) in [6.45, 7) is 6.58.